The van der Waals surface area contributed by atoms with Crippen LogP contribution >= 0.6 is 0 Å². The zero-order chi connectivity index (χ0) is 14.6. The summed E-state index contributed by atoms with van der Waals surface area (Å²) in [4.78, 5) is 11.4. The molecule has 0 aliphatic heterocycles. The third kappa shape index (κ3) is 7.95. The van der Waals surface area contributed by atoms with E-state index in [2.05, 4.69) is 31.3 Å². The Hall–Kier alpha value is -1.35. The summed E-state index contributed by atoms with van der Waals surface area (Å²) in [5.74, 6) is -0.0614. The van der Waals surface area contributed by atoms with Crippen LogP contribution in [0, 0.1) is 0 Å². The van der Waals surface area contributed by atoms with Crippen molar-refractivity contribution >= 4 is 5.97 Å². The van der Waals surface area contributed by atoms with Crippen molar-refractivity contribution in [3.05, 3.63) is 35.9 Å². The number of unbranched alkanes of at least 4 members (excludes halogenated alkanes) is 1. The van der Waals surface area contributed by atoms with Gasteiger partial charge in [-0.2, -0.15) is 0 Å². The van der Waals surface area contributed by atoms with E-state index in [-0.39, 0.29) is 5.97 Å². The zero-order valence-corrected chi connectivity index (χ0v) is 12.7. The molecule has 3 heteroatoms. The van der Waals surface area contributed by atoms with E-state index in [9.17, 15) is 4.79 Å². The van der Waals surface area contributed by atoms with E-state index in [0.717, 1.165) is 32.2 Å². The number of rotatable bonds is 10. The zero-order valence-electron chi connectivity index (χ0n) is 12.7. The molecule has 1 unspecified atom stereocenters. The number of benzene rings is 1. The summed E-state index contributed by atoms with van der Waals surface area (Å²) in [6.07, 6.45) is 4.43. The Balaban J connectivity index is 2.05. The fraction of sp³-hybridized carbons (Fsp3) is 0.588. The summed E-state index contributed by atoms with van der Waals surface area (Å²) < 4.78 is 5.13. The second kappa shape index (κ2) is 10.4. The fourth-order valence-electron chi connectivity index (χ4n) is 1.95. The van der Waals surface area contributed by atoms with Gasteiger partial charge in [0.05, 0.1) is 6.61 Å². The summed E-state index contributed by atoms with van der Waals surface area (Å²) in [6, 6.07) is 10.8. The topological polar surface area (TPSA) is 38.3 Å². The Kier molecular flexibility index (Phi) is 8.72. The lowest BCUT2D eigenvalue weighted by Gasteiger charge is -2.13. The Morgan fingerprint density at radius 3 is 2.70 bits per heavy atom. The first-order valence-corrected chi connectivity index (χ1v) is 7.65. The number of hydrogen-bond acceptors (Lipinski definition) is 3. The van der Waals surface area contributed by atoms with Gasteiger partial charge >= 0.3 is 5.97 Å². The molecule has 0 aliphatic carbocycles. The van der Waals surface area contributed by atoms with E-state index >= 15 is 0 Å². The van der Waals surface area contributed by atoms with Gasteiger partial charge in [-0.05, 0) is 31.7 Å². The third-order valence-electron chi connectivity index (χ3n) is 3.28. The van der Waals surface area contributed by atoms with Crippen molar-refractivity contribution in [1.82, 2.24) is 5.32 Å². The fourth-order valence-corrected chi connectivity index (χ4v) is 1.95. The molecule has 1 aromatic carbocycles. The highest BCUT2D eigenvalue weighted by Gasteiger charge is 2.05. The standard InChI is InChI=1S/C17H27NO2/c1-3-4-13-20-17(19)12-8-9-15(2)18-14-16-10-6-5-7-11-16/h5-7,10-11,15,18H,3-4,8-9,12-14H2,1-2H3. The highest BCUT2D eigenvalue weighted by Crippen LogP contribution is 2.04. The van der Waals surface area contributed by atoms with E-state index in [4.69, 9.17) is 4.74 Å². The summed E-state index contributed by atoms with van der Waals surface area (Å²) in [7, 11) is 0. The van der Waals surface area contributed by atoms with Crippen molar-refractivity contribution in [2.45, 2.75) is 58.5 Å². The molecule has 0 amide bonds. The van der Waals surface area contributed by atoms with Crippen LogP contribution in [-0.2, 0) is 16.1 Å². The highest BCUT2D eigenvalue weighted by molar-refractivity contribution is 5.69. The van der Waals surface area contributed by atoms with Crippen LogP contribution in [0.5, 0.6) is 0 Å². The Labute approximate surface area is 122 Å². The second-order valence-corrected chi connectivity index (χ2v) is 5.23. The first-order chi connectivity index (χ1) is 9.72. The smallest absolute Gasteiger partial charge is 0.305 e. The summed E-state index contributed by atoms with van der Waals surface area (Å²) in [6.45, 7) is 5.69. The van der Waals surface area contributed by atoms with Crippen LogP contribution in [0.25, 0.3) is 0 Å². The quantitative estimate of drug-likeness (QED) is 0.524. The monoisotopic (exact) mass is 277 g/mol. The summed E-state index contributed by atoms with van der Waals surface area (Å²) >= 11 is 0. The van der Waals surface area contributed by atoms with Crippen LogP contribution < -0.4 is 5.32 Å². The van der Waals surface area contributed by atoms with Crippen molar-refractivity contribution in [2.24, 2.45) is 0 Å². The van der Waals surface area contributed by atoms with Gasteiger partial charge in [0.25, 0.3) is 0 Å². The molecule has 0 saturated heterocycles. The van der Waals surface area contributed by atoms with E-state index < -0.39 is 0 Å². The summed E-state index contributed by atoms with van der Waals surface area (Å²) in [5.41, 5.74) is 1.29. The maximum atomic E-state index is 11.4. The largest absolute Gasteiger partial charge is 0.466 e. The van der Waals surface area contributed by atoms with Crippen molar-refractivity contribution in [2.75, 3.05) is 6.61 Å². The minimum Gasteiger partial charge on any atom is -0.466 e. The lowest BCUT2D eigenvalue weighted by atomic mass is 10.1. The van der Waals surface area contributed by atoms with E-state index in [1.165, 1.54) is 5.56 Å². The maximum Gasteiger partial charge on any atom is 0.305 e. The van der Waals surface area contributed by atoms with Gasteiger partial charge in [-0.25, -0.2) is 0 Å². The van der Waals surface area contributed by atoms with Gasteiger partial charge in [-0.3, -0.25) is 4.79 Å². The molecular weight excluding hydrogens is 250 g/mol. The van der Waals surface area contributed by atoms with E-state index in [0.29, 0.717) is 19.1 Å². The normalized spacial score (nSPS) is 12.1. The SMILES string of the molecule is CCCCOC(=O)CCCC(C)NCc1ccccc1. The van der Waals surface area contributed by atoms with Gasteiger partial charge in [0.1, 0.15) is 0 Å². The molecule has 0 bridgehead atoms. The molecule has 3 nitrogen and oxygen atoms in total. The molecule has 112 valence electrons. The van der Waals surface area contributed by atoms with Crippen LogP contribution in [-0.4, -0.2) is 18.6 Å². The molecule has 1 atom stereocenters. The van der Waals surface area contributed by atoms with E-state index in [1.807, 2.05) is 18.2 Å². The number of ether oxygens (including phenoxy) is 1. The van der Waals surface area contributed by atoms with Crippen molar-refractivity contribution in [1.29, 1.82) is 0 Å². The van der Waals surface area contributed by atoms with Crippen molar-refractivity contribution < 1.29 is 9.53 Å². The first-order valence-electron chi connectivity index (χ1n) is 7.65. The molecule has 1 rings (SSSR count). The number of nitrogens with one attached hydrogen (secondary N) is 1. The average molecular weight is 277 g/mol. The molecular formula is C17H27NO2. The molecule has 0 saturated carbocycles. The molecule has 0 aliphatic rings. The van der Waals surface area contributed by atoms with Crippen LogP contribution in [0.2, 0.25) is 0 Å². The minimum atomic E-state index is -0.0614. The molecule has 0 aromatic heterocycles. The number of esters is 1. The molecule has 1 aromatic rings. The molecule has 0 heterocycles. The minimum absolute atomic E-state index is 0.0614. The average Bonchev–Trinajstić information content (AvgIpc) is 2.46. The first kappa shape index (κ1) is 16.7. The van der Waals surface area contributed by atoms with Crippen LogP contribution in [0.1, 0.15) is 51.5 Å². The predicted molar refractivity (Wildman–Crippen MR) is 82.5 cm³/mol. The lowest BCUT2D eigenvalue weighted by Crippen LogP contribution is -2.25. The molecule has 20 heavy (non-hydrogen) atoms. The molecule has 0 spiro atoms. The highest BCUT2D eigenvalue weighted by atomic mass is 16.5. The second-order valence-electron chi connectivity index (χ2n) is 5.23. The van der Waals surface area contributed by atoms with Gasteiger partial charge in [0.15, 0.2) is 0 Å². The van der Waals surface area contributed by atoms with Gasteiger partial charge in [0, 0.05) is 19.0 Å². The van der Waals surface area contributed by atoms with Crippen LogP contribution in [0.15, 0.2) is 30.3 Å². The number of carbonyl (C=O) groups excluding carboxylic acids is 1. The van der Waals surface area contributed by atoms with Crippen molar-refractivity contribution in [3.8, 4) is 0 Å². The Morgan fingerprint density at radius 2 is 2.00 bits per heavy atom. The lowest BCUT2D eigenvalue weighted by molar-refractivity contribution is -0.143. The van der Waals surface area contributed by atoms with Crippen molar-refractivity contribution in [3.63, 3.8) is 0 Å². The van der Waals surface area contributed by atoms with Gasteiger partial charge in [0.2, 0.25) is 0 Å². The summed E-state index contributed by atoms with van der Waals surface area (Å²) in [5, 5.41) is 3.47. The third-order valence-corrected chi connectivity index (χ3v) is 3.28. The van der Waals surface area contributed by atoms with E-state index in [1.54, 1.807) is 0 Å². The Morgan fingerprint density at radius 1 is 1.25 bits per heavy atom. The van der Waals surface area contributed by atoms with Gasteiger partial charge in [-0.1, -0.05) is 43.7 Å². The molecule has 0 radical (unpaired) electrons. The number of hydrogen-bond donors (Lipinski definition) is 1. The number of carbonyl (C=O) groups is 1. The van der Waals surface area contributed by atoms with Crippen LogP contribution in [0.4, 0.5) is 0 Å². The Bertz CT molecular complexity index is 365. The molecule has 1 N–H and O–H groups in total. The molecule has 0 fully saturated rings. The predicted octanol–water partition coefficient (Wildman–Crippen LogP) is 3.68. The van der Waals surface area contributed by atoms with Gasteiger partial charge in [-0.15, -0.1) is 0 Å². The maximum absolute atomic E-state index is 11.4. The van der Waals surface area contributed by atoms with Gasteiger partial charge < -0.3 is 10.1 Å². The van der Waals surface area contributed by atoms with Crippen LogP contribution in [0.3, 0.4) is 0 Å².